The van der Waals surface area contributed by atoms with Crippen molar-refractivity contribution < 1.29 is 13.6 Å². The molecule has 0 spiro atoms. The van der Waals surface area contributed by atoms with Gasteiger partial charge in [-0.25, -0.2) is 0 Å². The second-order valence-electron chi connectivity index (χ2n) is 18.2. The Labute approximate surface area is 370 Å². The van der Waals surface area contributed by atoms with Crippen LogP contribution in [0.4, 0.5) is 0 Å². The van der Waals surface area contributed by atoms with Gasteiger partial charge in [-0.15, -0.1) is 0 Å². The van der Waals surface area contributed by atoms with Gasteiger partial charge in [0, 0.05) is 5.56 Å². The van der Waals surface area contributed by atoms with Gasteiger partial charge >= 0.3 is 8.60 Å². The van der Waals surface area contributed by atoms with Gasteiger partial charge in [0.15, 0.2) is 0 Å². The van der Waals surface area contributed by atoms with Crippen LogP contribution in [-0.4, -0.2) is 0 Å². The Morgan fingerprint density at radius 2 is 0.803 bits per heavy atom. The van der Waals surface area contributed by atoms with Crippen molar-refractivity contribution in [1.82, 2.24) is 0 Å². The Balaban J connectivity index is 1.58. The lowest BCUT2D eigenvalue weighted by atomic mass is 9.85. The molecule has 6 aromatic rings. The molecule has 6 rings (SSSR count). The van der Waals surface area contributed by atoms with Crippen LogP contribution in [0.3, 0.4) is 0 Å². The minimum Gasteiger partial charge on any atom is -0.408 e. The summed E-state index contributed by atoms with van der Waals surface area (Å²) in [5, 5.41) is 5.07. The zero-order chi connectivity index (χ0) is 44.0. The van der Waals surface area contributed by atoms with Crippen molar-refractivity contribution in [3.63, 3.8) is 0 Å². The summed E-state index contributed by atoms with van der Waals surface area (Å²) < 4.78 is 21.8. The van der Waals surface area contributed by atoms with Crippen molar-refractivity contribution in [1.29, 1.82) is 0 Å². The molecule has 0 heterocycles. The molecule has 0 radical (unpaired) electrons. The molecule has 6 aromatic carbocycles. The summed E-state index contributed by atoms with van der Waals surface area (Å²) in [6.45, 7) is 29.9. The van der Waals surface area contributed by atoms with E-state index < -0.39 is 8.60 Å². The molecule has 0 aromatic heterocycles. The zero-order valence-electron chi connectivity index (χ0n) is 39.6. The van der Waals surface area contributed by atoms with Gasteiger partial charge in [0.05, 0.1) is 0 Å². The highest BCUT2D eigenvalue weighted by Crippen LogP contribution is 2.51. The minimum atomic E-state index is -2.00. The van der Waals surface area contributed by atoms with E-state index in [1.54, 1.807) is 0 Å². The van der Waals surface area contributed by atoms with Crippen molar-refractivity contribution >= 4 is 30.1 Å². The average molecular weight is 837 g/mol. The molecular formula is C57H73O3P. The SMILES string of the molecule is CCC(C)c1cc(C(C)CC)c2cc(OP(Oc3ccccc3-c3ccc(C)cc3)Oc3cc4c(C(C)CC)cc(C(C)CC)cc4cc3C(C)CC)c(C(C)CC)cc2c1. The first-order valence-corrected chi connectivity index (χ1v) is 24.7. The Bertz CT molecular complexity index is 2270. The van der Waals surface area contributed by atoms with Crippen molar-refractivity contribution in [2.75, 3.05) is 0 Å². The first-order chi connectivity index (χ1) is 29.3. The maximum Gasteiger partial charge on any atom is 0.530 e. The van der Waals surface area contributed by atoms with Gasteiger partial charge in [0.2, 0.25) is 0 Å². The predicted octanol–water partition coefficient (Wildman–Crippen LogP) is 18.8. The Hall–Kier alpha value is -4.33. The summed E-state index contributed by atoms with van der Waals surface area (Å²) in [4.78, 5) is 0. The second kappa shape index (κ2) is 20.7. The third-order valence-electron chi connectivity index (χ3n) is 14.0. The zero-order valence-corrected chi connectivity index (χ0v) is 40.5. The summed E-state index contributed by atoms with van der Waals surface area (Å²) in [5.41, 5.74) is 11.3. The first kappa shape index (κ1) is 46.2. The number of hydrogen-bond acceptors (Lipinski definition) is 3. The van der Waals surface area contributed by atoms with Gasteiger partial charge in [-0.3, -0.25) is 0 Å². The number of rotatable bonds is 19. The molecule has 3 nitrogen and oxygen atoms in total. The van der Waals surface area contributed by atoms with E-state index in [-0.39, 0.29) is 11.8 Å². The van der Waals surface area contributed by atoms with Crippen LogP contribution in [0.15, 0.2) is 97.1 Å². The van der Waals surface area contributed by atoms with Gasteiger partial charge in [0.1, 0.15) is 17.2 Å². The second-order valence-corrected chi connectivity index (χ2v) is 19.2. The number of aryl methyl sites for hydroxylation is 1. The summed E-state index contributed by atoms with van der Waals surface area (Å²) in [6.07, 6.45) is 6.32. The maximum absolute atomic E-state index is 7.33. The first-order valence-electron chi connectivity index (χ1n) is 23.6. The van der Waals surface area contributed by atoms with Gasteiger partial charge in [-0.2, -0.15) is 0 Å². The van der Waals surface area contributed by atoms with E-state index in [2.05, 4.69) is 181 Å². The molecular weight excluding hydrogens is 764 g/mol. The smallest absolute Gasteiger partial charge is 0.408 e. The molecule has 0 amide bonds. The van der Waals surface area contributed by atoms with Crippen molar-refractivity contribution in [2.24, 2.45) is 0 Å². The summed E-state index contributed by atoms with van der Waals surface area (Å²) in [6, 6.07) is 36.1. The van der Waals surface area contributed by atoms with Gasteiger partial charge in [-0.05, 0) is 172 Å². The highest BCUT2D eigenvalue weighted by atomic mass is 31.2. The van der Waals surface area contributed by atoms with E-state index >= 15 is 0 Å². The summed E-state index contributed by atoms with van der Waals surface area (Å²) in [7, 11) is -2.00. The van der Waals surface area contributed by atoms with Crippen LogP contribution in [0.1, 0.15) is 196 Å². The standard InChI is InChI=1S/C57H73O3P/c1-14-37(8)44-28-46-32-51(41(12)18-5)56(34-53(46)49(30-44)39(10)16-3)59-61(58-55-23-21-20-22-48(55)43-26-24-36(7)25-27-43)60-57-35-54-47(33-52(57)42(13)19-6)29-45(38(9)15-2)31-50(54)40(11)17-4/h20-35,37-42H,14-19H2,1-13H3. The lowest BCUT2D eigenvalue weighted by Crippen LogP contribution is -2.08. The van der Waals surface area contributed by atoms with E-state index in [0.29, 0.717) is 23.7 Å². The molecule has 0 saturated carbocycles. The van der Waals surface area contributed by atoms with E-state index in [0.717, 1.165) is 66.9 Å². The molecule has 0 aliphatic carbocycles. The third-order valence-corrected chi connectivity index (χ3v) is 15.0. The fourth-order valence-electron chi connectivity index (χ4n) is 8.40. The van der Waals surface area contributed by atoms with Crippen LogP contribution in [0.2, 0.25) is 0 Å². The predicted molar refractivity (Wildman–Crippen MR) is 266 cm³/mol. The molecule has 4 heteroatoms. The third kappa shape index (κ3) is 10.3. The summed E-state index contributed by atoms with van der Waals surface area (Å²) >= 11 is 0. The molecule has 0 aliphatic heterocycles. The van der Waals surface area contributed by atoms with Crippen LogP contribution in [-0.2, 0) is 0 Å². The molecule has 0 bridgehead atoms. The van der Waals surface area contributed by atoms with Gasteiger partial charge < -0.3 is 13.6 Å². The Morgan fingerprint density at radius 1 is 0.410 bits per heavy atom. The number of fused-ring (bicyclic) bond motifs is 2. The van der Waals surface area contributed by atoms with E-state index in [4.69, 9.17) is 13.6 Å². The number of hydrogen-bond donors (Lipinski definition) is 0. The number of benzene rings is 6. The average Bonchev–Trinajstić information content (AvgIpc) is 3.29. The largest absolute Gasteiger partial charge is 0.530 e. The maximum atomic E-state index is 7.33. The van der Waals surface area contributed by atoms with Crippen LogP contribution in [0, 0.1) is 6.92 Å². The topological polar surface area (TPSA) is 27.7 Å². The van der Waals surface area contributed by atoms with E-state index in [1.165, 1.54) is 60.5 Å². The lowest BCUT2D eigenvalue weighted by molar-refractivity contribution is 0.383. The van der Waals surface area contributed by atoms with Gasteiger partial charge in [-0.1, -0.05) is 155 Å². The Morgan fingerprint density at radius 3 is 1.23 bits per heavy atom. The fraction of sp³-hybridized carbons (Fsp3) is 0.439. The van der Waals surface area contributed by atoms with Crippen molar-refractivity contribution in [3.05, 3.63) is 136 Å². The van der Waals surface area contributed by atoms with Crippen molar-refractivity contribution in [3.8, 4) is 28.4 Å². The summed E-state index contributed by atoms with van der Waals surface area (Å²) in [5.74, 6) is 4.74. The van der Waals surface area contributed by atoms with Crippen molar-refractivity contribution in [2.45, 2.75) is 164 Å². The molecule has 6 unspecified atom stereocenters. The quantitative estimate of drug-likeness (QED) is 0.0761. The normalized spacial score (nSPS) is 15.2. The highest BCUT2D eigenvalue weighted by Gasteiger charge is 2.28. The number of para-hydroxylation sites is 1. The highest BCUT2D eigenvalue weighted by molar-refractivity contribution is 7.43. The van der Waals surface area contributed by atoms with Gasteiger partial charge in [0.25, 0.3) is 0 Å². The molecule has 0 N–H and O–H groups in total. The molecule has 6 atom stereocenters. The van der Waals surface area contributed by atoms with Crippen LogP contribution in [0.25, 0.3) is 32.7 Å². The van der Waals surface area contributed by atoms with Crippen LogP contribution < -0.4 is 13.6 Å². The molecule has 0 fully saturated rings. The lowest BCUT2D eigenvalue weighted by Gasteiger charge is -2.26. The van der Waals surface area contributed by atoms with Crippen LogP contribution in [0.5, 0.6) is 17.2 Å². The molecule has 0 aliphatic rings. The van der Waals surface area contributed by atoms with E-state index in [1.807, 2.05) is 6.07 Å². The monoisotopic (exact) mass is 837 g/mol. The Kier molecular flexibility index (Phi) is 15.7. The fourth-order valence-corrected chi connectivity index (χ4v) is 9.47. The molecule has 324 valence electrons. The molecule has 61 heavy (non-hydrogen) atoms. The van der Waals surface area contributed by atoms with Crippen LogP contribution >= 0.6 is 8.60 Å². The minimum absolute atomic E-state index is 0.268. The molecule has 0 saturated heterocycles. The van der Waals surface area contributed by atoms with E-state index in [9.17, 15) is 0 Å².